The van der Waals surface area contributed by atoms with Crippen molar-refractivity contribution in [3.63, 3.8) is 0 Å². The first-order chi connectivity index (χ1) is 17.3. The van der Waals surface area contributed by atoms with Crippen LogP contribution in [0.25, 0.3) is 0 Å². The number of phenolic OH excluding ortho intramolecular Hbond substituents is 1. The van der Waals surface area contributed by atoms with Crippen LogP contribution in [0.5, 0.6) is 17.2 Å². The summed E-state index contributed by atoms with van der Waals surface area (Å²) in [5.74, 6) is 0.953. The van der Waals surface area contributed by atoms with Gasteiger partial charge in [0.1, 0.15) is 35.6 Å². The van der Waals surface area contributed by atoms with Crippen molar-refractivity contribution in [3.05, 3.63) is 52.5 Å². The molecule has 3 aliphatic rings. The summed E-state index contributed by atoms with van der Waals surface area (Å²) >= 11 is 6.14. The molecule has 0 aliphatic carbocycles. The van der Waals surface area contributed by atoms with E-state index in [1.807, 2.05) is 18.2 Å². The van der Waals surface area contributed by atoms with Gasteiger partial charge in [0.05, 0.1) is 11.7 Å². The summed E-state index contributed by atoms with van der Waals surface area (Å²) in [4.78, 5) is 16.9. The third kappa shape index (κ3) is 5.57. The quantitative estimate of drug-likeness (QED) is 0.542. The molecule has 3 N–H and O–H groups in total. The van der Waals surface area contributed by atoms with Crippen LogP contribution in [0, 0.1) is 0 Å². The first-order valence-corrected chi connectivity index (χ1v) is 13.0. The van der Waals surface area contributed by atoms with Crippen molar-refractivity contribution in [2.75, 3.05) is 39.3 Å². The van der Waals surface area contributed by atoms with Crippen LogP contribution < -0.4 is 9.47 Å². The number of ether oxygens (including phenoxy) is 2. The lowest BCUT2D eigenvalue weighted by molar-refractivity contribution is -0.00204. The number of halogens is 1. The van der Waals surface area contributed by atoms with E-state index in [0.717, 1.165) is 48.7 Å². The Hall–Kier alpha value is -2.52. The van der Waals surface area contributed by atoms with Crippen LogP contribution >= 0.6 is 11.6 Å². The van der Waals surface area contributed by atoms with E-state index in [2.05, 4.69) is 4.90 Å². The Bertz CT molecular complexity index is 1100. The van der Waals surface area contributed by atoms with Gasteiger partial charge >= 0.3 is 0 Å². The van der Waals surface area contributed by atoms with Crippen LogP contribution in [0.15, 0.2) is 36.4 Å². The molecule has 0 radical (unpaired) electrons. The Balaban J connectivity index is 1.13. The Labute approximate surface area is 216 Å². The molecule has 0 unspecified atom stereocenters. The molecule has 9 heteroatoms. The lowest BCUT2D eigenvalue weighted by Crippen LogP contribution is -2.49. The van der Waals surface area contributed by atoms with Crippen LogP contribution in [0.4, 0.5) is 0 Å². The van der Waals surface area contributed by atoms with Crippen molar-refractivity contribution in [2.45, 2.75) is 49.9 Å². The lowest BCUT2D eigenvalue weighted by Gasteiger charge is -2.39. The highest BCUT2D eigenvalue weighted by atomic mass is 35.5. The normalized spacial score (nSPS) is 20.7. The van der Waals surface area contributed by atoms with Gasteiger partial charge in [-0.2, -0.15) is 0 Å². The largest absolute Gasteiger partial charge is 0.508 e. The van der Waals surface area contributed by atoms with Gasteiger partial charge in [0.25, 0.3) is 5.91 Å². The molecule has 0 aromatic heterocycles. The van der Waals surface area contributed by atoms with Crippen molar-refractivity contribution in [3.8, 4) is 17.2 Å². The number of fused-ring (bicyclic) bond motifs is 1. The summed E-state index contributed by atoms with van der Waals surface area (Å²) in [6.07, 6.45) is 2.53. The number of nitrogens with zero attached hydrogens (tertiary/aromatic N) is 2. The van der Waals surface area contributed by atoms with E-state index in [1.165, 1.54) is 12.1 Å². The molecule has 36 heavy (non-hydrogen) atoms. The molecule has 2 aromatic rings. The number of piperidine rings is 2. The lowest BCUT2D eigenvalue weighted by atomic mass is 9.87. The molecule has 1 amide bonds. The van der Waals surface area contributed by atoms with Gasteiger partial charge in [-0.15, -0.1) is 0 Å². The van der Waals surface area contributed by atoms with Crippen molar-refractivity contribution < 1.29 is 29.6 Å². The van der Waals surface area contributed by atoms with Gasteiger partial charge in [-0.25, -0.2) is 0 Å². The first kappa shape index (κ1) is 25.1. The van der Waals surface area contributed by atoms with Crippen LogP contribution in [0.2, 0.25) is 5.02 Å². The van der Waals surface area contributed by atoms with Gasteiger partial charge in [-0.1, -0.05) is 11.6 Å². The zero-order chi connectivity index (χ0) is 25.3. The summed E-state index contributed by atoms with van der Waals surface area (Å²) in [7, 11) is 0. The second kappa shape index (κ2) is 10.5. The number of rotatable bonds is 6. The van der Waals surface area contributed by atoms with E-state index in [-0.39, 0.29) is 35.7 Å². The van der Waals surface area contributed by atoms with E-state index in [9.17, 15) is 20.1 Å². The number of hydrogen-bond donors (Lipinski definition) is 3. The Kier molecular flexibility index (Phi) is 7.30. The van der Waals surface area contributed by atoms with Crippen molar-refractivity contribution in [1.82, 2.24) is 9.80 Å². The Morgan fingerprint density at radius 1 is 1.14 bits per heavy atom. The van der Waals surface area contributed by atoms with Gasteiger partial charge in [-0.05, 0) is 48.7 Å². The minimum Gasteiger partial charge on any atom is -0.508 e. The number of β-amino-alcohol motifs (C(OH)–C–C–N with tert-alkyl or cyclic N) is 1. The van der Waals surface area contributed by atoms with Crippen molar-refractivity contribution in [1.29, 1.82) is 0 Å². The summed E-state index contributed by atoms with van der Waals surface area (Å²) in [6.45, 7) is 3.00. The molecular formula is C27H33ClN2O6. The van der Waals surface area contributed by atoms with Gasteiger partial charge in [-0.3, -0.25) is 4.79 Å². The van der Waals surface area contributed by atoms with E-state index >= 15 is 0 Å². The molecular weight excluding hydrogens is 484 g/mol. The maximum atomic E-state index is 13.0. The molecule has 3 heterocycles. The highest BCUT2D eigenvalue weighted by Crippen LogP contribution is 2.42. The first-order valence-electron chi connectivity index (χ1n) is 12.6. The molecule has 2 saturated heterocycles. The number of likely N-dealkylation sites (tertiary alicyclic amines) is 2. The van der Waals surface area contributed by atoms with E-state index < -0.39 is 6.10 Å². The predicted molar refractivity (Wildman–Crippen MR) is 135 cm³/mol. The number of aliphatic hydroxyl groups is 2. The van der Waals surface area contributed by atoms with E-state index in [0.29, 0.717) is 38.0 Å². The van der Waals surface area contributed by atoms with E-state index in [1.54, 1.807) is 11.0 Å². The van der Waals surface area contributed by atoms with Crippen LogP contribution in [0.3, 0.4) is 0 Å². The van der Waals surface area contributed by atoms with Crippen LogP contribution in [-0.2, 0) is 6.42 Å². The number of carbonyl (C=O) groups excluding carboxylic acids is 1. The maximum Gasteiger partial charge on any atom is 0.257 e. The summed E-state index contributed by atoms with van der Waals surface area (Å²) in [5.41, 5.74) is 1.29. The fourth-order valence-electron chi connectivity index (χ4n) is 5.41. The number of carbonyl (C=O) groups is 1. The topological polar surface area (TPSA) is 103 Å². The molecule has 5 rings (SSSR count). The summed E-state index contributed by atoms with van der Waals surface area (Å²) < 4.78 is 12.1. The SMILES string of the molecule is O=C(c1ccc(O)cc1OC[C@H](O)CN1CCC2(CC1)Cc1cc(Cl)ccc1O2)N1CCC(O)CC1. The number of phenols is 1. The molecule has 8 nitrogen and oxygen atoms in total. The van der Waals surface area contributed by atoms with Gasteiger partial charge < -0.3 is 34.6 Å². The Morgan fingerprint density at radius 3 is 2.64 bits per heavy atom. The fraction of sp³-hybridized carbons (Fsp3) is 0.519. The third-order valence-corrected chi connectivity index (χ3v) is 7.71. The standard InChI is InChI=1S/C27H33ClN2O6/c28-19-1-4-24-18(13-19)15-27(36-24)7-11-29(12-8-27)16-22(33)17-35-25-14-21(32)2-3-23(25)26(34)30-9-5-20(31)6-10-30/h1-4,13-14,20,22,31-33H,5-12,15-17H2/t22-/m1/s1. The second-order valence-corrected chi connectivity index (χ2v) is 10.6. The minimum atomic E-state index is -0.755. The zero-order valence-electron chi connectivity index (χ0n) is 20.2. The number of amides is 1. The monoisotopic (exact) mass is 516 g/mol. The number of benzene rings is 2. The van der Waals surface area contributed by atoms with Gasteiger partial charge in [0.15, 0.2) is 0 Å². The highest BCUT2D eigenvalue weighted by Gasteiger charge is 2.42. The predicted octanol–water partition coefficient (Wildman–Crippen LogP) is 2.85. The fourth-order valence-corrected chi connectivity index (χ4v) is 5.60. The molecule has 2 aromatic carbocycles. The molecule has 3 aliphatic heterocycles. The second-order valence-electron chi connectivity index (χ2n) is 10.2. The maximum absolute atomic E-state index is 13.0. The number of aliphatic hydroxyl groups excluding tert-OH is 2. The molecule has 2 fully saturated rings. The molecule has 0 saturated carbocycles. The molecule has 0 bridgehead atoms. The van der Waals surface area contributed by atoms with Crippen LogP contribution in [-0.4, -0.2) is 88.2 Å². The molecule has 1 spiro atoms. The summed E-state index contributed by atoms with van der Waals surface area (Å²) in [6, 6.07) is 10.2. The van der Waals surface area contributed by atoms with Crippen molar-refractivity contribution in [2.24, 2.45) is 0 Å². The summed E-state index contributed by atoms with van der Waals surface area (Å²) in [5, 5.41) is 31.1. The highest BCUT2D eigenvalue weighted by molar-refractivity contribution is 6.30. The Morgan fingerprint density at radius 2 is 1.89 bits per heavy atom. The van der Waals surface area contributed by atoms with Gasteiger partial charge in [0, 0.05) is 63.1 Å². The molecule has 1 atom stereocenters. The molecule has 194 valence electrons. The van der Waals surface area contributed by atoms with Crippen molar-refractivity contribution >= 4 is 17.5 Å². The van der Waals surface area contributed by atoms with E-state index in [4.69, 9.17) is 21.1 Å². The van der Waals surface area contributed by atoms with Crippen LogP contribution in [0.1, 0.15) is 41.6 Å². The number of hydrogen-bond acceptors (Lipinski definition) is 7. The zero-order valence-corrected chi connectivity index (χ0v) is 21.0. The minimum absolute atomic E-state index is 0.00449. The number of aromatic hydroxyl groups is 1. The average molecular weight is 517 g/mol. The third-order valence-electron chi connectivity index (χ3n) is 7.48. The van der Waals surface area contributed by atoms with Gasteiger partial charge in [0.2, 0.25) is 0 Å². The average Bonchev–Trinajstić information content (AvgIpc) is 3.21. The smallest absolute Gasteiger partial charge is 0.257 e.